The molecule has 2 atom stereocenters. The number of ether oxygens (including phenoxy) is 1. The monoisotopic (exact) mass is 432 g/mol. The first-order valence-corrected chi connectivity index (χ1v) is 11.4. The number of hydrogen-bond donors (Lipinski definition) is 0. The molecule has 0 radical (unpaired) electrons. The van der Waals surface area contributed by atoms with Gasteiger partial charge in [-0.15, -0.1) is 0 Å². The Morgan fingerprint density at radius 1 is 1.03 bits per heavy atom. The molecule has 0 amide bonds. The maximum atomic E-state index is 13.6. The van der Waals surface area contributed by atoms with Gasteiger partial charge in [0.05, 0.1) is 12.7 Å². The van der Waals surface area contributed by atoms with Crippen molar-refractivity contribution in [3.8, 4) is 0 Å². The van der Waals surface area contributed by atoms with Crippen LogP contribution in [0.1, 0.15) is 95.8 Å². The van der Waals surface area contributed by atoms with E-state index in [1.165, 1.54) is 18.2 Å². The topological polar surface area (TPSA) is 60.4 Å². The lowest BCUT2D eigenvalue weighted by molar-refractivity contribution is -0.109. The third-order valence-corrected chi connectivity index (χ3v) is 7.70. The molecule has 0 saturated heterocycles. The molecule has 4 nitrogen and oxygen atoms in total. The molecule has 2 aromatic carbocycles. The molecule has 0 N–H and O–H groups in total. The van der Waals surface area contributed by atoms with Crippen molar-refractivity contribution in [1.82, 2.24) is 0 Å². The van der Waals surface area contributed by atoms with E-state index in [4.69, 9.17) is 4.74 Å². The van der Waals surface area contributed by atoms with Crippen molar-refractivity contribution in [1.29, 1.82) is 0 Å². The molecule has 4 heteroatoms. The summed E-state index contributed by atoms with van der Waals surface area (Å²) >= 11 is 0. The molecular weight excluding hydrogens is 400 g/mol. The molecule has 0 saturated carbocycles. The highest BCUT2D eigenvalue weighted by Gasteiger charge is 2.41. The van der Waals surface area contributed by atoms with Crippen LogP contribution in [-0.2, 0) is 26.8 Å². The number of esters is 1. The number of methoxy groups -OCH3 is 1. The summed E-state index contributed by atoms with van der Waals surface area (Å²) in [7, 11) is 1.34. The van der Waals surface area contributed by atoms with Gasteiger partial charge in [-0.25, -0.2) is 4.79 Å². The van der Waals surface area contributed by atoms with Gasteiger partial charge in [0.2, 0.25) is 0 Å². The molecule has 168 valence electrons. The quantitative estimate of drug-likeness (QED) is 0.469. The standard InChI is InChI=1S/C28H32O4/c1-27(2)12-13-28(3,4)24-15-21-19(14-23(24)27)10-11-20(25(21)30)22(16-29)17-6-8-18(9-7-17)26(31)32-5/h6-9,14-16,20,22H,10-13H2,1-5H3. The number of fused-ring (bicyclic) bond motifs is 2. The molecule has 2 unspecified atom stereocenters. The summed E-state index contributed by atoms with van der Waals surface area (Å²) in [4.78, 5) is 37.5. The number of rotatable bonds is 4. The van der Waals surface area contributed by atoms with Gasteiger partial charge in [-0.05, 0) is 77.0 Å². The summed E-state index contributed by atoms with van der Waals surface area (Å²) in [6.07, 6.45) is 4.55. The van der Waals surface area contributed by atoms with E-state index in [1.54, 1.807) is 24.3 Å². The van der Waals surface area contributed by atoms with Crippen LogP contribution in [0.15, 0.2) is 36.4 Å². The SMILES string of the molecule is COC(=O)c1ccc(C(C=O)C2CCc3cc4c(cc3C2=O)C(C)(C)CCC4(C)C)cc1. The number of carbonyl (C=O) groups is 3. The van der Waals surface area contributed by atoms with Crippen molar-refractivity contribution in [2.75, 3.05) is 7.11 Å². The lowest BCUT2D eigenvalue weighted by Gasteiger charge is -2.43. The van der Waals surface area contributed by atoms with Gasteiger partial charge in [0.15, 0.2) is 5.78 Å². The van der Waals surface area contributed by atoms with Crippen LogP contribution in [0.25, 0.3) is 0 Å². The molecular formula is C28H32O4. The Balaban J connectivity index is 1.70. The zero-order valence-corrected chi connectivity index (χ0v) is 19.7. The minimum Gasteiger partial charge on any atom is -0.465 e. The fourth-order valence-electron chi connectivity index (χ4n) is 5.44. The fraction of sp³-hybridized carbons (Fsp3) is 0.464. The lowest BCUT2D eigenvalue weighted by Crippen LogP contribution is -2.36. The van der Waals surface area contributed by atoms with Gasteiger partial charge < -0.3 is 9.53 Å². The van der Waals surface area contributed by atoms with E-state index in [0.717, 1.165) is 42.2 Å². The Hall–Kier alpha value is -2.75. The van der Waals surface area contributed by atoms with Crippen LogP contribution < -0.4 is 0 Å². The average molecular weight is 433 g/mol. The lowest BCUT2D eigenvalue weighted by atomic mass is 9.61. The Morgan fingerprint density at radius 2 is 1.62 bits per heavy atom. The second kappa shape index (κ2) is 7.99. The summed E-state index contributed by atoms with van der Waals surface area (Å²) < 4.78 is 4.75. The largest absolute Gasteiger partial charge is 0.465 e. The Morgan fingerprint density at radius 3 is 2.19 bits per heavy atom. The first-order chi connectivity index (χ1) is 15.1. The third kappa shape index (κ3) is 3.70. The molecule has 0 heterocycles. The maximum Gasteiger partial charge on any atom is 0.337 e. The van der Waals surface area contributed by atoms with E-state index in [2.05, 4.69) is 39.8 Å². The van der Waals surface area contributed by atoms with Crippen LogP contribution in [0.4, 0.5) is 0 Å². The zero-order valence-electron chi connectivity index (χ0n) is 19.7. The number of ketones is 1. The number of hydrogen-bond acceptors (Lipinski definition) is 4. The van der Waals surface area contributed by atoms with E-state index in [-0.39, 0.29) is 22.5 Å². The summed E-state index contributed by atoms with van der Waals surface area (Å²) in [6, 6.07) is 11.2. The summed E-state index contributed by atoms with van der Waals surface area (Å²) in [5.41, 5.74) is 5.85. The maximum absolute atomic E-state index is 13.6. The summed E-state index contributed by atoms with van der Waals surface area (Å²) in [5.74, 6) is -1.27. The van der Waals surface area contributed by atoms with E-state index >= 15 is 0 Å². The number of Topliss-reactive ketones (excluding diaryl/α,β-unsaturated/α-hetero) is 1. The molecule has 0 spiro atoms. The summed E-state index contributed by atoms with van der Waals surface area (Å²) in [5, 5.41) is 0. The fourth-order valence-corrected chi connectivity index (χ4v) is 5.44. The molecule has 0 aliphatic heterocycles. The second-order valence-corrected chi connectivity index (χ2v) is 10.6. The minimum atomic E-state index is -0.525. The van der Waals surface area contributed by atoms with Crippen LogP contribution in [0.5, 0.6) is 0 Å². The van der Waals surface area contributed by atoms with Gasteiger partial charge in [-0.3, -0.25) is 4.79 Å². The minimum absolute atomic E-state index is 0.0287. The van der Waals surface area contributed by atoms with Crippen molar-refractivity contribution in [3.63, 3.8) is 0 Å². The van der Waals surface area contributed by atoms with Gasteiger partial charge in [0.25, 0.3) is 0 Å². The predicted octanol–water partition coefficient (Wildman–Crippen LogP) is 5.55. The van der Waals surface area contributed by atoms with Crippen molar-refractivity contribution < 1.29 is 19.1 Å². The van der Waals surface area contributed by atoms with E-state index in [9.17, 15) is 14.4 Å². The normalized spacial score (nSPS) is 21.8. The van der Waals surface area contributed by atoms with Crippen LogP contribution in [-0.4, -0.2) is 25.1 Å². The molecule has 2 aromatic rings. The van der Waals surface area contributed by atoms with Crippen molar-refractivity contribution >= 4 is 18.0 Å². The first kappa shape index (κ1) is 22.4. The molecule has 0 fully saturated rings. The number of aldehydes is 1. The predicted molar refractivity (Wildman–Crippen MR) is 124 cm³/mol. The number of aryl methyl sites for hydroxylation is 1. The number of carbonyl (C=O) groups excluding carboxylic acids is 3. The third-order valence-electron chi connectivity index (χ3n) is 7.70. The van der Waals surface area contributed by atoms with Gasteiger partial charge >= 0.3 is 5.97 Å². The van der Waals surface area contributed by atoms with Crippen LogP contribution in [0.2, 0.25) is 0 Å². The Labute approximate surface area is 190 Å². The summed E-state index contributed by atoms with van der Waals surface area (Å²) in [6.45, 7) is 9.10. The Bertz CT molecular complexity index is 1080. The van der Waals surface area contributed by atoms with Crippen molar-refractivity contribution in [3.05, 3.63) is 69.8 Å². The molecule has 4 rings (SSSR count). The van der Waals surface area contributed by atoms with Gasteiger partial charge in [0, 0.05) is 17.4 Å². The zero-order chi connectivity index (χ0) is 23.3. The highest BCUT2D eigenvalue weighted by molar-refractivity contribution is 6.02. The van der Waals surface area contributed by atoms with E-state index in [1.807, 2.05) is 0 Å². The highest BCUT2D eigenvalue weighted by Crippen LogP contribution is 2.48. The van der Waals surface area contributed by atoms with Gasteiger partial charge in [-0.2, -0.15) is 0 Å². The van der Waals surface area contributed by atoms with E-state index in [0.29, 0.717) is 12.0 Å². The van der Waals surface area contributed by atoms with Gasteiger partial charge in [0.1, 0.15) is 6.29 Å². The van der Waals surface area contributed by atoms with Crippen LogP contribution in [0, 0.1) is 5.92 Å². The van der Waals surface area contributed by atoms with Crippen LogP contribution >= 0.6 is 0 Å². The van der Waals surface area contributed by atoms with Crippen molar-refractivity contribution in [2.24, 2.45) is 5.92 Å². The van der Waals surface area contributed by atoms with Crippen LogP contribution in [0.3, 0.4) is 0 Å². The Kier molecular flexibility index (Phi) is 5.60. The highest BCUT2D eigenvalue weighted by atomic mass is 16.5. The smallest absolute Gasteiger partial charge is 0.337 e. The average Bonchev–Trinajstić information content (AvgIpc) is 2.78. The molecule has 2 aliphatic carbocycles. The molecule has 0 bridgehead atoms. The first-order valence-electron chi connectivity index (χ1n) is 11.4. The van der Waals surface area contributed by atoms with Crippen molar-refractivity contribution in [2.45, 2.75) is 70.1 Å². The molecule has 0 aromatic heterocycles. The number of benzene rings is 2. The van der Waals surface area contributed by atoms with E-state index < -0.39 is 11.9 Å². The molecule has 32 heavy (non-hydrogen) atoms. The molecule has 2 aliphatic rings. The van der Waals surface area contributed by atoms with Gasteiger partial charge in [-0.1, -0.05) is 45.9 Å². The second-order valence-electron chi connectivity index (χ2n) is 10.6.